The van der Waals surface area contributed by atoms with E-state index < -0.39 is 0 Å². The summed E-state index contributed by atoms with van der Waals surface area (Å²) in [5.74, 6) is 0.875. The van der Waals surface area contributed by atoms with Crippen LogP contribution in [0.3, 0.4) is 0 Å². The number of hydrogen-bond donors (Lipinski definition) is 2. The Labute approximate surface area is 155 Å². The van der Waals surface area contributed by atoms with Crippen LogP contribution in [0.5, 0.6) is 5.75 Å². The average Bonchev–Trinajstić information content (AvgIpc) is 3.01. The molecule has 0 saturated heterocycles. The van der Waals surface area contributed by atoms with E-state index in [4.69, 9.17) is 12.2 Å². The molecule has 0 atom stereocenters. The number of fused-ring (bicyclic) bond motifs is 1. The van der Waals surface area contributed by atoms with Crippen molar-refractivity contribution in [3.8, 4) is 5.75 Å². The summed E-state index contributed by atoms with van der Waals surface area (Å²) in [6, 6.07) is 21.5. The van der Waals surface area contributed by atoms with Gasteiger partial charge in [-0.15, -0.1) is 0 Å². The van der Waals surface area contributed by atoms with E-state index in [1.807, 2.05) is 24.3 Å². The fourth-order valence-electron chi connectivity index (χ4n) is 2.89. The minimum atomic E-state index is 0.168. The molecule has 26 heavy (non-hydrogen) atoms. The van der Waals surface area contributed by atoms with Crippen molar-refractivity contribution in [2.45, 2.75) is 6.42 Å². The Balaban J connectivity index is 1.71. The molecule has 0 bridgehead atoms. The smallest absolute Gasteiger partial charge is 0.216 e. The fourth-order valence-corrected chi connectivity index (χ4v) is 3.09. The Bertz CT molecular complexity index is 1150. The van der Waals surface area contributed by atoms with Gasteiger partial charge in [-0.3, -0.25) is 5.10 Å². The minimum Gasteiger partial charge on any atom is -0.507 e. The summed E-state index contributed by atoms with van der Waals surface area (Å²) in [7, 11) is 0. The first kappa shape index (κ1) is 16.2. The lowest BCUT2D eigenvalue weighted by atomic mass is 10.0. The molecule has 2 N–H and O–H groups in total. The van der Waals surface area contributed by atoms with Crippen molar-refractivity contribution >= 4 is 29.2 Å². The van der Waals surface area contributed by atoms with Crippen molar-refractivity contribution in [2.24, 2.45) is 5.10 Å². The van der Waals surface area contributed by atoms with Crippen LogP contribution in [0.15, 0.2) is 71.8 Å². The van der Waals surface area contributed by atoms with E-state index in [1.54, 1.807) is 29.1 Å². The van der Waals surface area contributed by atoms with Crippen LogP contribution in [0.25, 0.3) is 10.8 Å². The van der Waals surface area contributed by atoms with Gasteiger partial charge in [0.1, 0.15) is 5.75 Å². The van der Waals surface area contributed by atoms with Gasteiger partial charge in [0.15, 0.2) is 5.82 Å². The average molecular weight is 360 g/mol. The largest absolute Gasteiger partial charge is 0.507 e. The number of phenols is 1. The molecular weight excluding hydrogens is 344 g/mol. The summed E-state index contributed by atoms with van der Waals surface area (Å²) in [6.45, 7) is 0. The van der Waals surface area contributed by atoms with E-state index in [0.717, 1.165) is 5.56 Å². The van der Waals surface area contributed by atoms with Gasteiger partial charge in [-0.1, -0.05) is 54.6 Å². The maximum atomic E-state index is 9.88. The highest BCUT2D eigenvalue weighted by Crippen LogP contribution is 2.21. The zero-order chi connectivity index (χ0) is 17.9. The fraction of sp³-hybridized carbons (Fsp3) is 0.0500. The first-order chi connectivity index (χ1) is 12.7. The van der Waals surface area contributed by atoms with Crippen molar-refractivity contribution in [1.82, 2.24) is 14.9 Å². The number of phenolic OH excluding ortho intramolecular Hbond substituents is 1. The molecule has 4 rings (SSSR count). The van der Waals surface area contributed by atoms with Crippen LogP contribution >= 0.6 is 12.2 Å². The van der Waals surface area contributed by atoms with Crippen molar-refractivity contribution in [3.05, 3.63) is 88.5 Å². The standard InChI is InChI=1S/C20H16N4OS/c25-18-11-4-2-7-16(18)13-21-24-19(22-23-20(24)26)12-15-9-5-8-14-6-1-3-10-17(14)15/h1-11,13,25H,12H2,(H,23,26)/b21-13+. The highest BCUT2D eigenvalue weighted by atomic mass is 32.1. The zero-order valence-electron chi connectivity index (χ0n) is 13.8. The second kappa shape index (κ2) is 6.93. The van der Waals surface area contributed by atoms with Gasteiger partial charge in [-0.2, -0.15) is 14.9 Å². The third-order valence-electron chi connectivity index (χ3n) is 4.20. The number of hydrogen-bond acceptors (Lipinski definition) is 4. The molecule has 0 spiro atoms. The van der Waals surface area contributed by atoms with Gasteiger partial charge >= 0.3 is 0 Å². The minimum absolute atomic E-state index is 0.168. The van der Waals surface area contributed by atoms with Crippen molar-refractivity contribution in [3.63, 3.8) is 0 Å². The van der Waals surface area contributed by atoms with Gasteiger partial charge in [0, 0.05) is 12.0 Å². The summed E-state index contributed by atoms with van der Waals surface area (Å²) >= 11 is 5.30. The number of rotatable bonds is 4. The van der Waals surface area contributed by atoms with Gasteiger partial charge in [0.25, 0.3) is 0 Å². The molecule has 0 saturated carbocycles. The van der Waals surface area contributed by atoms with Crippen LogP contribution in [0, 0.1) is 4.77 Å². The number of para-hydroxylation sites is 1. The first-order valence-corrected chi connectivity index (χ1v) is 8.58. The van der Waals surface area contributed by atoms with Crippen LogP contribution in [-0.4, -0.2) is 26.2 Å². The molecule has 128 valence electrons. The quantitative estimate of drug-likeness (QED) is 0.422. The summed E-state index contributed by atoms with van der Waals surface area (Å²) in [5.41, 5.74) is 1.77. The summed E-state index contributed by atoms with van der Waals surface area (Å²) in [6.07, 6.45) is 2.17. The van der Waals surface area contributed by atoms with Gasteiger partial charge in [-0.05, 0) is 40.7 Å². The lowest BCUT2D eigenvalue weighted by molar-refractivity contribution is 0.474. The number of benzene rings is 3. The lowest BCUT2D eigenvalue weighted by Crippen LogP contribution is -2.01. The number of aromatic hydroxyl groups is 1. The summed E-state index contributed by atoms with van der Waals surface area (Å²) < 4.78 is 2.00. The third-order valence-corrected chi connectivity index (χ3v) is 4.46. The molecule has 5 nitrogen and oxygen atoms in total. The van der Waals surface area contributed by atoms with Gasteiger partial charge < -0.3 is 5.11 Å². The normalized spacial score (nSPS) is 11.4. The maximum Gasteiger partial charge on any atom is 0.216 e. The summed E-state index contributed by atoms with van der Waals surface area (Å²) in [4.78, 5) is 0. The Morgan fingerprint density at radius 1 is 1.04 bits per heavy atom. The number of aromatic nitrogens is 3. The van der Waals surface area contributed by atoms with Crippen molar-refractivity contribution in [2.75, 3.05) is 0 Å². The van der Waals surface area contributed by atoms with Crippen molar-refractivity contribution < 1.29 is 5.11 Å². The maximum absolute atomic E-state index is 9.88. The van der Waals surface area contributed by atoms with E-state index in [0.29, 0.717) is 22.6 Å². The molecule has 1 heterocycles. The van der Waals surface area contributed by atoms with Crippen LogP contribution in [0.1, 0.15) is 17.0 Å². The topological polar surface area (TPSA) is 66.2 Å². The van der Waals surface area contributed by atoms with Gasteiger partial charge in [0.05, 0.1) is 6.21 Å². The molecule has 6 heteroatoms. The highest BCUT2D eigenvalue weighted by molar-refractivity contribution is 7.71. The van der Waals surface area contributed by atoms with Crippen LogP contribution in [-0.2, 0) is 6.42 Å². The molecule has 0 aliphatic heterocycles. The molecule has 0 fully saturated rings. The second-order valence-corrected chi connectivity index (χ2v) is 6.26. The van der Waals surface area contributed by atoms with E-state index in [9.17, 15) is 5.11 Å². The number of H-pyrrole nitrogens is 1. The molecule has 0 aliphatic rings. The Kier molecular flexibility index (Phi) is 4.33. The van der Waals surface area contributed by atoms with Crippen molar-refractivity contribution in [1.29, 1.82) is 0 Å². The van der Waals surface area contributed by atoms with Crippen LogP contribution < -0.4 is 0 Å². The SMILES string of the molecule is Oc1ccccc1/C=N/n1c(Cc2cccc3ccccc23)n[nH]c1=S. The monoisotopic (exact) mass is 360 g/mol. The molecule has 4 aromatic rings. The van der Waals surface area contributed by atoms with E-state index in [2.05, 4.69) is 39.6 Å². The second-order valence-electron chi connectivity index (χ2n) is 5.88. The van der Waals surface area contributed by atoms with Crippen LogP contribution in [0.4, 0.5) is 0 Å². The summed E-state index contributed by atoms with van der Waals surface area (Å²) in [5, 5.41) is 23.8. The Morgan fingerprint density at radius 3 is 2.69 bits per heavy atom. The number of nitrogens with zero attached hydrogens (tertiary/aromatic N) is 3. The van der Waals surface area contributed by atoms with E-state index in [1.165, 1.54) is 10.8 Å². The third kappa shape index (κ3) is 3.14. The molecule has 1 aromatic heterocycles. The molecule has 0 aliphatic carbocycles. The predicted molar refractivity (Wildman–Crippen MR) is 105 cm³/mol. The van der Waals surface area contributed by atoms with Gasteiger partial charge in [0.2, 0.25) is 4.77 Å². The zero-order valence-corrected chi connectivity index (χ0v) is 14.6. The van der Waals surface area contributed by atoms with E-state index in [-0.39, 0.29) is 5.75 Å². The van der Waals surface area contributed by atoms with Crippen LogP contribution in [0.2, 0.25) is 0 Å². The molecule has 0 radical (unpaired) electrons. The Morgan fingerprint density at radius 2 is 1.81 bits per heavy atom. The van der Waals surface area contributed by atoms with E-state index >= 15 is 0 Å². The molecular formula is C20H16N4OS. The first-order valence-electron chi connectivity index (χ1n) is 8.17. The van der Waals surface area contributed by atoms with Gasteiger partial charge in [-0.25, -0.2) is 0 Å². The number of nitrogens with one attached hydrogen (secondary N) is 1. The molecule has 0 unspecified atom stereocenters. The molecule has 3 aromatic carbocycles. The Hall–Kier alpha value is -3.25. The highest BCUT2D eigenvalue weighted by Gasteiger charge is 2.09. The predicted octanol–water partition coefficient (Wildman–Crippen LogP) is 4.27. The lowest BCUT2D eigenvalue weighted by Gasteiger charge is -2.06. The number of aromatic amines is 1. The molecule has 0 amide bonds.